The summed E-state index contributed by atoms with van der Waals surface area (Å²) in [4.78, 5) is 26.8. The van der Waals surface area contributed by atoms with Gasteiger partial charge in [-0.05, 0) is 29.2 Å². The van der Waals surface area contributed by atoms with E-state index >= 15 is 0 Å². The zero-order valence-corrected chi connectivity index (χ0v) is 16.0. The lowest BCUT2D eigenvalue weighted by Crippen LogP contribution is -2.29. The van der Waals surface area contributed by atoms with Crippen molar-refractivity contribution in [3.63, 3.8) is 0 Å². The largest absolute Gasteiger partial charge is 0.326 e. The minimum Gasteiger partial charge on any atom is -0.326 e. The van der Waals surface area contributed by atoms with Gasteiger partial charge in [0.15, 0.2) is 0 Å². The molecule has 1 fully saturated rings. The summed E-state index contributed by atoms with van der Waals surface area (Å²) in [6.45, 7) is 6.66. The van der Waals surface area contributed by atoms with Crippen molar-refractivity contribution in [1.29, 1.82) is 0 Å². The van der Waals surface area contributed by atoms with Gasteiger partial charge < -0.3 is 10.2 Å². The lowest BCUT2D eigenvalue weighted by molar-refractivity contribution is -0.122. The summed E-state index contributed by atoms with van der Waals surface area (Å²) in [7, 11) is 0. The molecule has 1 unspecified atom stereocenters. The Bertz CT molecular complexity index is 842. The molecule has 5 heteroatoms. The summed E-state index contributed by atoms with van der Waals surface area (Å²) in [6, 6.07) is 15.0. The van der Waals surface area contributed by atoms with Gasteiger partial charge >= 0.3 is 0 Å². The van der Waals surface area contributed by atoms with E-state index in [9.17, 15) is 9.59 Å². The van der Waals surface area contributed by atoms with Crippen LogP contribution in [0.15, 0.2) is 48.5 Å². The minimum atomic E-state index is -0.396. The second kappa shape index (κ2) is 7.12. The molecule has 1 aliphatic rings. The summed E-state index contributed by atoms with van der Waals surface area (Å²) in [6.07, 6.45) is 0.189. The van der Waals surface area contributed by atoms with Crippen LogP contribution in [0.2, 0.25) is 5.02 Å². The van der Waals surface area contributed by atoms with Gasteiger partial charge in [0, 0.05) is 18.7 Å². The number of nitrogens with zero attached hydrogens (tertiary/aromatic N) is 1. The monoisotopic (exact) mass is 370 g/mol. The van der Waals surface area contributed by atoms with Crippen LogP contribution in [0.3, 0.4) is 0 Å². The molecular formula is C21H23ClN2O2. The molecule has 0 aromatic heterocycles. The molecule has 0 spiro atoms. The van der Waals surface area contributed by atoms with Crippen molar-refractivity contribution >= 4 is 34.8 Å². The van der Waals surface area contributed by atoms with Crippen LogP contribution in [0.25, 0.3) is 0 Å². The lowest BCUT2D eigenvalue weighted by Gasteiger charge is -2.23. The van der Waals surface area contributed by atoms with Crippen LogP contribution >= 0.6 is 11.6 Å². The number of halogens is 1. The molecule has 2 amide bonds. The number of nitrogens with one attached hydrogen (secondary N) is 1. The average molecular weight is 371 g/mol. The van der Waals surface area contributed by atoms with Crippen molar-refractivity contribution in [1.82, 2.24) is 0 Å². The van der Waals surface area contributed by atoms with Crippen molar-refractivity contribution in [2.24, 2.45) is 5.92 Å². The summed E-state index contributed by atoms with van der Waals surface area (Å²) >= 11 is 6.20. The number of para-hydroxylation sites is 2. The predicted octanol–water partition coefficient (Wildman–Crippen LogP) is 4.63. The normalized spacial score (nSPS) is 17.5. The Labute approximate surface area is 159 Å². The van der Waals surface area contributed by atoms with Gasteiger partial charge in [0.25, 0.3) is 0 Å². The molecule has 0 radical (unpaired) electrons. The minimum absolute atomic E-state index is 0.0812. The van der Waals surface area contributed by atoms with Crippen LogP contribution in [0, 0.1) is 5.92 Å². The molecule has 2 aromatic rings. The molecule has 4 nitrogen and oxygen atoms in total. The van der Waals surface area contributed by atoms with Crippen molar-refractivity contribution in [2.75, 3.05) is 16.8 Å². The zero-order valence-electron chi connectivity index (χ0n) is 15.3. The number of carbonyl (C=O) groups excluding carboxylic acids is 2. The lowest BCUT2D eigenvalue weighted by atomic mass is 9.85. The van der Waals surface area contributed by atoms with Crippen LogP contribution in [0.4, 0.5) is 11.4 Å². The van der Waals surface area contributed by atoms with Crippen LogP contribution in [-0.4, -0.2) is 18.4 Å². The number of benzene rings is 2. The fourth-order valence-corrected chi connectivity index (χ4v) is 3.51. The van der Waals surface area contributed by atoms with Gasteiger partial charge in [0.2, 0.25) is 11.8 Å². The van der Waals surface area contributed by atoms with E-state index in [4.69, 9.17) is 11.6 Å². The Balaban J connectivity index is 1.77. The highest BCUT2D eigenvalue weighted by atomic mass is 35.5. The molecule has 1 heterocycles. The molecule has 3 rings (SSSR count). The van der Waals surface area contributed by atoms with E-state index < -0.39 is 5.92 Å². The Morgan fingerprint density at radius 2 is 1.77 bits per heavy atom. The number of hydrogen-bond donors (Lipinski definition) is 1. The Morgan fingerprint density at radius 3 is 2.46 bits per heavy atom. The van der Waals surface area contributed by atoms with Crippen molar-refractivity contribution < 1.29 is 9.59 Å². The molecule has 0 saturated carbocycles. The van der Waals surface area contributed by atoms with E-state index in [1.165, 1.54) is 0 Å². The molecular weight excluding hydrogens is 348 g/mol. The fraction of sp³-hybridized carbons (Fsp3) is 0.333. The van der Waals surface area contributed by atoms with Crippen LogP contribution < -0.4 is 10.2 Å². The summed E-state index contributed by atoms with van der Waals surface area (Å²) in [5.41, 5.74) is 2.44. The number of amides is 2. The van der Waals surface area contributed by atoms with E-state index in [0.29, 0.717) is 17.3 Å². The van der Waals surface area contributed by atoms with Crippen LogP contribution in [0.1, 0.15) is 32.8 Å². The highest BCUT2D eigenvalue weighted by molar-refractivity contribution is 6.33. The quantitative estimate of drug-likeness (QED) is 0.856. The first kappa shape index (κ1) is 18.5. The zero-order chi connectivity index (χ0) is 18.9. The highest BCUT2D eigenvalue weighted by Gasteiger charge is 2.36. The third-order valence-corrected chi connectivity index (χ3v) is 4.95. The third-order valence-electron chi connectivity index (χ3n) is 4.63. The second-order valence-electron chi connectivity index (χ2n) is 7.64. The first-order valence-corrected chi connectivity index (χ1v) is 9.10. The first-order chi connectivity index (χ1) is 12.3. The second-order valence-corrected chi connectivity index (χ2v) is 8.05. The fourth-order valence-electron chi connectivity index (χ4n) is 3.27. The first-order valence-electron chi connectivity index (χ1n) is 8.72. The molecule has 0 aliphatic carbocycles. The Morgan fingerprint density at radius 1 is 1.12 bits per heavy atom. The van der Waals surface area contributed by atoms with E-state index in [1.54, 1.807) is 17.0 Å². The van der Waals surface area contributed by atoms with Crippen molar-refractivity contribution in [3.05, 3.63) is 59.1 Å². The van der Waals surface area contributed by atoms with Gasteiger partial charge in [-0.15, -0.1) is 0 Å². The van der Waals surface area contributed by atoms with Gasteiger partial charge in [0.1, 0.15) is 0 Å². The number of carbonyl (C=O) groups is 2. The Hall–Kier alpha value is -2.33. The standard InChI is InChI=1S/C21H23ClN2O2/c1-21(2,3)15-8-4-6-10-17(15)23-20(26)14-12-19(25)24(13-14)18-11-7-5-9-16(18)22/h4-11,14H,12-13H2,1-3H3,(H,23,26). The van der Waals surface area contributed by atoms with E-state index in [1.807, 2.05) is 36.4 Å². The number of hydrogen-bond acceptors (Lipinski definition) is 2. The van der Waals surface area contributed by atoms with Gasteiger partial charge in [-0.2, -0.15) is 0 Å². The van der Waals surface area contributed by atoms with E-state index in [0.717, 1.165) is 11.3 Å². The average Bonchev–Trinajstić information content (AvgIpc) is 2.97. The van der Waals surface area contributed by atoms with Gasteiger partial charge in [-0.25, -0.2) is 0 Å². The SMILES string of the molecule is CC(C)(C)c1ccccc1NC(=O)C1CC(=O)N(c2ccccc2Cl)C1. The number of anilines is 2. The molecule has 1 saturated heterocycles. The molecule has 1 atom stereocenters. The maximum Gasteiger partial charge on any atom is 0.229 e. The smallest absolute Gasteiger partial charge is 0.229 e. The summed E-state index contributed by atoms with van der Waals surface area (Å²) in [5, 5.41) is 3.53. The summed E-state index contributed by atoms with van der Waals surface area (Å²) < 4.78 is 0. The molecule has 0 bridgehead atoms. The molecule has 1 aliphatic heterocycles. The van der Waals surface area contributed by atoms with Gasteiger partial charge in [-0.3, -0.25) is 9.59 Å². The van der Waals surface area contributed by atoms with Crippen LogP contribution in [-0.2, 0) is 15.0 Å². The van der Waals surface area contributed by atoms with Crippen molar-refractivity contribution in [3.8, 4) is 0 Å². The predicted molar refractivity (Wildman–Crippen MR) is 106 cm³/mol. The maximum absolute atomic E-state index is 12.8. The van der Waals surface area contributed by atoms with E-state index in [-0.39, 0.29) is 23.7 Å². The number of rotatable bonds is 3. The summed E-state index contributed by atoms with van der Waals surface area (Å²) in [5.74, 6) is -0.612. The van der Waals surface area contributed by atoms with Crippen LogP contribution in [0.5, 0.6) is 0 Å². The van der Waals surface area contributed by atoms with E-state index in [2.05, 4.69) is 26.1 Å². The Kier molecular flexibility index (Phi) is 5.05. The topological polar surface area (TPSA) is 49.4 Å². The third kappa shape index (κ3) is 3.75. The molecule has 2 aromatic carbocycles. The van der Waals surface area contributed by atoms with Gasteiger partial charge in [-0.1, -0.05) is 62.7 Å². The van der Waals surface area contributed by atoms with Gasteiger partial charge in [0.05, 0.1) is 16.6 Å². The highest BCUT2D eigenvalue weighted by Crippen LogP contribution is 2.33. The van der Waals surface area contributed by atoms with Crippen molar-refractivity contribution in [2.45, 2.75) is 32.6 Å². The molecule has 26 heavy (non-hydrogen) atoms. The molecule has 136 valence electrons. The molecule has 1 N–H and O–H groups in total. The maximum atomic E-state index is 12.8.